The van der Waals surface area contributed by atoms with Crippen molar-refractivity contribution in [3.05, 3.63) is 66.2 Å². The zero-order valence-corrected chi connectivity index (χ0v) is 14.0. The Hall–Kier alpha value is -2.66. The molecule has 0 unspecified atom stereocenters. The molecule has 1 amide bonds. The SMILES string of the molecule is CN(C)N1C[C@@H](Cc2ccccc2)/C(=N\Nc2ccccc2)C1=O. The summed E-state index contributed by atoms with van der Waals surface area (Å²) >= 11 is 0. The molecule has 1 saturated heterocycles. The van der Waals surface area contributed by atoms with Crippen LogP contribution < -0.4 is 5.43 Å². The van der Waals surface area contributed by atoms with Crippen molar-refractivity contribution >= 4 is 17.3 Å². The number of nitrogens with zero attached hydrogens (tertiary/aromatic N) is 3. The number of nitrogens with one attached hydrogen (secondary N) is 1. The highest BCUT2D eigenvalue weighted by Crippen LogP contribution is 2.21. The summed E-state index contributed by atoms with van der Waals surface area (Å²) in [6.45, 7) is 0.649. The molecule has 0 aliphatic carbocycles. The molecular formula is C19H22N4O. The summed E-state index contributed by atoms with van der Waals surface area (Å²) in [6, 6.07) is 19.9. The molecule has 1 aliphatic rings. The predicted molar refractivity (Wildman–Crippen MR) is 96.5 cm³/mol. The first-order valence-corrected chi connectivity index (χ1v) is 8.07. The number of carbonyl (C=O) groups excluding carboxylic acids is 1. The molecule has 1 heterocycles. The quantitative estimate of drug-likeness (QED) is 0.861. The monoisotopic (exact) mass is 322 g/mol. The van der Waals surface area contributed by atoms with E-state index < -0.39 is 0 Å². The fraction of sp³-hybridized carbons (Fsp3) is 0.263. The van der Waals surface area contributed by atoms with E-state index in [9.17, 15) is 4.79 Å². The molecule has 24 heavy (non-hydrogen) atoms. The van der Waals surface area contributed by atoms with E-state index in [1.807, 2.05) is 67.6 Å². The van der Waals surface area contributed by atoms with Crippen LogP contribution in [0.25, 0.3) is 0 Å². The minimum absolute atomic E-state index is 0.0376. The number of para-hydroxylation sites is 1. The average molecular weight is 322 g/mol. The van der Waals surface area contributed by atoms with E-state index in [1.54, 1.807) is 5.01 Å². The highest BCUT2D eigenvalue weighted by molar-refractivity contribution is 6.41. The van der Waals surface area contributed by atoms with Crippen LogP contribution in [0.5, 0.6) is 0 Å². The lowest BCUT2D eigenvalue weighted by molar-refractivity contribution is -0.134. The number of rotatable bonds is 5. The molecule has 1 aliphatic heterocycles. The average Bonchev–Trinajstić information content (AvgIpc) is 2.91. The number of hydrazine groups is 1. The second-order valence-corrected chi connectivity index (χ2v) is 6.10. The van der Waals surface area contributed by atoms with Gasteiger partial charge in [-0.05, 0) is 24.1 Å². The molecular weight excluding hydrogens is 300 g/mol. The number of hydrazone groups is 1. The van der Waals surface area contributed by atoms with Crippen LogP contribution in [-0.4, -0.2) is 42.3 Å². The van der Waals surface area contributed by atoms with Crippen LogP contribution in [0.1, 0.15) is 5.56 Å². The first kappa shape index (κ1) is 16.2. The van der Waals surface area contributed by atoms with Gasteiger partial charge in [0.2, 0.25) is 0 Å². The van der Waals surface area contributed by atoms with Gasteiger partial charge in [0.25, 0.3) is 5.91 Å². The smallest absolute Gasteiger partial charge is 0.278 e. The highest BCUT2D eigenvalue weighted by Gasteiger charge is 2.38. The Kier molecular flexibility index (Phi) is 4.91. The summed E-state index contributed by atoms with van der Waals surface area (Å²) < 4.78 is 0. The molecule has 0 radical (unpaired) electrons. The lowest BCUT2D eigenvalue weighted by Gasteiger charge is -2.23. The maximum absolute atomic E-state index is 12.7. The molecule has 2 aromatic carbocycles. The maximum atomic E-state index is 12.7. The van der Waals surface area contributed by atoms with Gasteiger partial charge in [0.15, 0.2) is 0 Å². The van der Waals surface area contributed by atoms with E-state index in [0.717, 1.165) is 12.1 Å². The van der Waals surface area contributed by atoms with Crippen LogP contribution in [-0.2, 0) is 11.2 Å². The van der Waals surface area contributed by atoms with Crippen LogP contribution in [0.4, 0.5) is 5.69 Å². The normalized spacial score (nSPS) is 19.3. The molecule has 0 aromatic heterocycles. The Morgan fingerprint density at radius 3 is 2.33 bits per heavy atom. The third-order valence-electron chi connectivity index (χ3n) is 4.12. The number of anilines is 1. The Bertz CT molecular complexity index is 713. The van der Waals surface area contributed by atoms with Crippen molar-refractivity contribution in [1.29, 1.82) is 0 Å². The minimum atomic E-state index is -0.0376. The summed E-state index contributed by atoms with van der Waals surface area (Å²) in [5, 5.41) is 7.99. The van der Waals surface area contributed by atoms with E-state index in [1.165, 1.54) is 5.56 Å². The highest BCUT2D eigenvalue weighted by atomic mass is 16.2. The second kappa shape index (κ2) is 7.27. The molecule has 1 N–H and O–H groups in total. The van der Waals surface area contributed by atoms with E-state index in [2.05, 4.69) is 22.7 Å². The van der Waals surface area contributed by atoms with E-state index in [-0.39, 0.29) is 11.8 Å². The minimum Gasteiger partial charge on any atom is -0.278 e. The zero-order valence-electron chi connectivity index (χ0n) is 14.0. The Morgan fingerprint density at radius 1 is 1.08 bits per heavy atom. The van der Waals surface area contributed by atoms with Crippen molar-refractivity contribution in [2.24, 2.45) is 11.0 Å². The summed E-state index contributed by atoms with van der Waals surface area (Å²) in [6.07, 6.45) is 0.798. The number of hydrogen-bond acceptors (Lipinski definition) is 4. The van der Waals surface area contributed by atoms with Gasteiger partial charge in [-0.3, -0.25) is 15.2 Å². The number of amides is 1. The van der Waals surface area contributed by atoms with Crippen LogP contribution in [0.2, 0.25) is 0 Å². The van der Waals surface area contributed by atoms with Crippen molar-refractivity contribution < 1.29 is 4.79 Å². The lowest BCUT2D eigenvalue weighted by atomic mass is 9.97. The maximum Gasteiger partial charge on any atom is 0.284 e. The van der Waals surface area contributed by atoms with Gasteiger partial charge in [-0.15, -0.1) is 0 Å². The molecule has 1 atom stereocenters. The van der Waals surface area contributed by atoms with Gasteiger partial charge >= 0.3 is 0 Å². The van der Waals surface area contributed by atoms with Crippen LogP contribution >= 0.6 is 0 Å². The van der Waals surface area contributed by atoms with Gasteiger partial charge < -0.3 is 0 Å². The number of carbonyl (C=O) groups is 1. The Labute approximate surface area is 142 Å². The van der Waals surface area contributed by atoms with Gasteiger partial charge in [0, 0.05) is 26.6 Å². The van der Waals surface area contributed by atoms with Crippen molar-refractivity contribution in [2.45, 2.75) is 6.42 Å². The lowest BCUT2D eigenvalue weighted by Crippen LogP contribution is -2.39. The third-order valence-corrected chi connectivity index (χ3v) is 4.12. The summed E-state index contributed by atoms with van der Waals surface area (Å²) in [7, 11) is 3.76. The summed E-state index contributed by atoms with van der Waals surface area (Å²) in [5.41, 5.74) is 5.68. The predicted octanol–water partition coefficient (Wildman–Crippen LogP) is 2.63. The summed E-state index contributed by atoms with van der Waals surface area (Å²) in [5.74, 6) is 0.0304. The third kappa shape index (κ3) is 3.63. The largest absolute Gasteiger partial charge is 0.284 e. The van der Waals surface area contributed by atoms with Crippen molar-refractivity contribution in [2.75, 3.05) is 26.1 Å². The van der Waals surface area contributed by atoms with Crippen molar-refractivity contribution in [3.8, 4) is 0 Å². The molecule has 1 fully saturated rings. The molecule has 2 aromatic rings. The molecule has 124 valence electrons. The Balaban J connectivity index is 1.82. The fourth-order valence-corrected chi connectivity index (χ4v) is 2.87. The first-order valence-electron chi connectivity index (χ1n) is 8.07. The van der Waals surface area contributed by atoms with E-state index >= 15 is 0 Å². The number of hydrogen-bond donors (Lipinski definition) is 1. The fourth-order valence-electron chi connectivity index (χ4n) is 2.87. The summed E-state index contributed by atoms with van der Waals surface area (Å²) in [4.78, 5) is 12.7. The van der Waals surface area contributed by atoms with Crippen LogP contribution in [0.15, 0.2) is 65.8 Å². The van der Waals surface area contributed by atoms with Gasteiger partial charge in [-0.2, -0.15) is 5.10 Å². The van der Waals surface area contributed by atoms with Gasteiger partial charge in [-0.1, -0.05) is 48.5 Å². The van der Waals surface area contributed by atoms with Crippen molar-refractivity contribution in [3.63, 3.8) is 0 Å². The molecule has 0 saturated carbocycles. The molecule has 0 bridgehead atoms. The van der Waals surface area contributed by atoms with Crippen LogP contribution in [0, 0.1) is 5.92 Å². The molecule has 5 heteroatoms. The van der Waals surface area contributed by atoms with E-state index in [0.29, 0.717) is 12.3 Å². The molecule has 3 rings (SSSR count). The zero-order chi connectivity index (χ0) is 16.9. The van der Waals surface area contributed by atoms with Gasteiger partial charge in [0.05, 0.1) is 5.69 Å². The molecule has 0 spiro atoms. The van der Waals surface area contributed by atoms with Gasteiger partial charge in [-0.25, -0.2) is 5.01 Å². The first-order chi connectivity index (χ1) is 11.6. The van der Waals surface area contributed by atoms with Crippen molar-refractivity contribution in [1.82, 2.24) is 10.0 Å². The molecule has 5 nitrogen and oxygen atoms in total. The Morgan fingerprint density at radius 2 is 1.71 bits per heavy atom. The standard InChI is InChI=1S/C19H22N4O/c1-22(2)23-14-16(13-15-9-5-3-6-10-15)18(19(23)24)21-20-17-11-7-4-8-12-17/h3-12,16,20H,13-14H2,1-2H3/b21-18+/t16-/m1/s1. The number of benzene rings is 2. The second-order valence-electron chi connectivity index (χ2n) is 6.10. The van der Waals surface area contributed by atoms with Crippen LogP contribution in [0.3, 0.4) is 0 Å². The van der Waals surface area contributed by atoms with E-state index in [4.69, 9.17) is 0 Å². The van der Waals surface area contributed by atoms with Gasteiger partial charge in [0.1, 0.15) is 5.71 Å². The topological polar surface area (TPSA) is 47.9 Å².